The molecule has 1 aromatic rings. The van der Waals surface area contributed by atoms with E-state index < -0.39 is 12.6 Å². The van der Waals surface area contributed by atoms with Crippen LogP contribution in [0, 0.1) is 0 Å². The molecule has 8 heteroatoms. The van der Waals surface area contributed by atoms with Gasteiger partial charge >= 0.3 is 6.18 Å². The highest BCUT2D eigenvalue weighted by Gasteiger charge is 2.26. The molecule has 0 aliphatic heterocycles. The van der Waals surface area contributed by atoms with E-state index in [0.717, 1.165) is 0 Å². The molecule has 0 amide bonds. The van der Waals surface area contributed by atoms with Crippen LogP contribution in [-0.2, 0) is 0 Å². The number of alkyl halides is 3. The maximum absolute atomic E-state index is 11.8. The van der Waals surface area contributed by atoms with Crippen molar-refractivity contribution in [1.82, 2.24) is 9.97 Å². The summed E-state index contributed by atoms with van der Waals surface area (Å²) in [6, 6.07) is 0. The third-order valence-corrected chi connectivity index (χ3v) is 1.94. The van der Waals surface area contributed by atoms with Gasteiger partial charge in [0.1, 0.15) is 10.7 Å². The molecule has 1 heterocycles. The molecule has 0 bridgehead atoms. The van der Waals surface area contributed by atoms with Gasteiger partial charge in [0.15, 0.2) is 0 Å². The van der Waals surface area contributed by atoms with Gasteiger partial charge in [-0.2, -0.15) is 13.2 Å². The van der Waals surface area contributed by atoms with Crippen LogP contribution in [0.5, 0.6) is 5.88 Å². The van der Waals surface area contributed by atoms with Gasteiger partial charge in [0.05, 0.1) is 19.0 Å². The minimum Gasteiger partial charge on any atom is -0.477 e. The van der Waals surface area contributed by atoms with Crippen molar-refractivity contribution in [1.29, 1.82) is 0 Å². The number of aromatic nitrogens is 2. The summed E-state index contributed by atoms with van der Waals surface area (Å²) in [6.45, 7) is -0.0688. The highest BCUT2D eigenvalue weighted by Crippen LogP contribution is 2.21. The van der Waals surface area contributed by atoms with E-state index in [1.165, 1.54) is 12.4 Å². The molecular weight excluding hydrogens is 255 g/mol. The summed E-state index contributed by atoms with van der Waals surface area (Å²) in [5.74, 6) is 0.146. The summed E-state index contributed by atoms with van der Waals surface area (Å²) in [6.07, 6.45) is -2.60. The Balaban J connectivity index is 2.35. The minimum absolute atomic E-state index is 0.0688. The van der Waals surface area contributed by atoms with E-state index in [2.05, 4.69) is 22.2 Å². The molecule has 1 aromatic heterocycles. The fourth-order valence-electron chi connectivity index (χ4n) is 0.967. The van der Waals surface area contributed by atoms with E-state index in [4.69, 9.17) is 10.5 Å². The molecule has 4 nitrogen and oxygen atoms in total. The molecule has 0 saturated heterocycles. The second-order valence-corrected chi connectivity index (χ2v) is 3.61. The van der Waals surface area contributed by atoms with E-state index in [1.54, 1.807) is 0 Å². The number of hydrogen-bond donors (Lipinski definition) is 1. The van der Waals surface area contributed by atoms with E-state index >= 15 is 0 Å². The lowest BCUT2D eigenvalue weighted by molar-refractivity contribution is -0.136. The van der Waals surface area contributed by atoms with Crippen molar-refractivity contribution in [2.75, 3.05) is 6.61 Å². The quantitative estimate of drug-likeness (QED) is 0.650. The first-order valence-corrected chi connectivity index (χ1v) is 5.11. The molecule has 0 atom stereocenters. The Morgan fingerprint density at radius 2 is 2.06 bits per heavy atom. The number of halogens is 3. The van der Waals surface area contributed by atoms with Crippen LogP contribution in [0.2, 0.25) is 0 Å². The van der Waals surface area contributed by atoms with Crippen molar-refractivity contribution >= 4 is 17.2 Å². The van der Waals surface area contributed by atoms with Gasteiger partial charge in [-0.3, -0.25) is 0 Å². The first-order chi connectivity index (χ1) is 7.88. The van der Waals surface area contributed by atoms with Gasteiger partial charge in [-0.1, -0.05) is 12.2 Å². The van der Waals surface area contributed by atoms with Gasteiger partial charge < -0.3 is 10.5 Å². The van der Waals surface area contributed by atoms with Gasteiger partial charge in [-0.25, -0.2) is 9.97 Å². The topological polar surface area (TPSA) is 61.0 Å². The lowest BCUT2D eigenvalue weighted by Crippen LogP contribution is -2.13. The highest BCUT2D eigenvalue weighted by molar-refractivity contribution is 7.80. The van der Waals surface area contributed by atoms with Crippen molar-refractivity contribution in [2.45, 2.75) is 19.0 Å². The van der Waals surface area contributed by atoms with Crippen LogP contribution >= 0.6 is 12.2 Å². The zero-order chi connectivity index (χ0) is 12.9. The fourth-order valence-corrected chi connectivity index (χ4v) is 1.07. The SMILES string of the molecule is NC(=S)c1cnc(OCCCC(F)(F)F)cn1. The normalized spacial score (nSPS) is 11.2. The van der Waals surface area contributed by atoms with Gasteiger partial charge in [-0.15, -0.1) is 0 Å². The molecular formula is C9H10F3N3OS. The van der Waals surface area contributed by atoms with Crippen LogP contribution in [0.4, 0.5) is 13.2 Å². The van der Waals surface area contributed by atoms with Gasteiger partial charge in [-0.05, 0) is 6.42 Å². The largest absolute Gasteiger partial charge is 0.477 e. The van der Waals surface area contributed by atoms with Crippen molar-refractivity contribution < 1.29 is 17.9 Å². The average Bonchev–Trinajstić information content (AvgIpc) is 2.24. The first-order valence-electron chi connectivity index (χ1n) is 4.70. The van der Waals surface area contributed by atoms with E-state index in [0.29, 0.717) is 5.69 Å². The average molecular weight is 265 g/mol. The molecule has 94 valence electrons. The van der Waals surface area contributed by atoms with Crippen LogP contribution < -0.4 is 10.5 Å². The Labute approximate surface area is 101 Å². The number of hydrogen-bond acceptors (Lipinski definition) is 4. The summed E-state index contributed by atoms with van der Waals surface area (Å²) in [5.41, 5.74) is 5.63. The molecule has 2 N–H and O–H groups in total. The predicted octanol–water partition coefficient (Wildman–Crippen LogP) is 1.83. The third-order valence-electron chi connectivity index (χ3n) is 1.74. The van der Waals surface area contributed by atoms with Crippen molar-refractivity contribution in [3.8, 4) is 5.88 Å². The molecule has 0 spiro atoms. The Bertz CT molecular complexity index is 380. The number of thiocarbonyl (C=S) groups is 1. The van der Waals surface area contributed by atoms with Gasteiger partial charge in [0.2, 0.25) is 5.88 Å². The van der Waals surface area contributed by atoms with E-state index in [1.807, 2.05) is 0 Å². The Morgan fingerprint density at radius 3 is 2.53 bits per heavy atom. The van der Waals surface area contributed by atoms with E-state index in [9.17, 15) is 13.2 Å². The second-order valence-electron chi connectivity index (χ2n) is 3.17. The van der Waals surface area contributed by atoms with Crippen LogP contribution in [-0.4, -0.2) is 27.7 Å². The van der Waals surface area contributed by atoms with Crippen molar-refractivity contribution in [3.63, 3.8) is 0 Å². The Kier molecular flexibility index (Phi) is 4.62. The summed E-state index contributed by atoms with van der Waals surface area (Å²) >= 11 is 4.66. The minimum atomic E-state index is -4.16. The summed E-state index contributed by atoms with van der Waals surface area (Å²) < 4.78 is 40.4. The second kappa shape index (κ2) is 5.76. The Hall–Kier alpha value is -1.44. The molecule has 0 unspecified atom stereocenters. The fraction of sp³-hybridized carbons (Fsp3) is 0.444. The number of nitrogens with zero attached hydrogens (tertiary/aromatic N) is 2. The molecule has 0 aromatic carbocycles. The number of rotatable bonds is 5. The number of nitrogens with two attached hydrogens (primary N) is 1. The monoisotopic (exact) mass is 265 g/mol. The van der Waals surface area contributed by atoms with Gasteiger partial charge in [0, 0.05) is 6.42 Å². The zero-order valence-electron chi connectivity index (χ0n) is 8.70. The maximum atomic E-state index is 11.8. The molecule has 0 aliphatic rings. The predicted molar refractivity (Wildman–Crippen MR) is 58.7 cm³/mol. The van der Waals surface area contributed by atoms with Crippen LogP contribution in [0.15, 0.2) is 12.4 Å². The van der Waals surface area contributed by atoms with Crippen LogP contribution in [0.3, 0.4) is 0 Å². The third kappa shape index (κ3) is 5.43. The summed E-state index contributed by atoms with van der Waals surface area (Å²) in [4.78, 5) is 7.73. The van der Waals surface area contributed by atoms with E-state index in [-0.39, 0.29) is 23.9 Å². The molecule has 0 aliphatic carbocycles. The van der Waals surface area contributed by atoms with Crippen molar-refractivity contribution in [3.05, 3.63) is 18.1 Å². The van der Waals surface area contributed by atoms with Crippen LogP contribution in [0.1, 0.15) is 18.5 Å². The lowest BCUT2D eigenvalue weighted by atomic mass is 10.3. The highest BCUT2D eigenvalue weighted by atomic mass is 32.1. The molecule has 0 fully saturated rings. The zero-order valence-corrected chi connectivity index (χ0v) is 9.51. The molecule has 17 heavy (non-hydrogen) atoms. The van der Waals surface area contributed by atoms with Crippen LogP contribution in [0.25, 0.3) is 0 Å². The summed E-state index contributed by atoms with van der Waals surface area (Å²) in [5, 5.41) is 0. The van der Waals surface area contributed by atoms with Gasteiger partial charge in [0.25, 0.3) is 0 Å². The Morgan fingerprint density at radius 1 is 1.35 bits per heavy atom. The first kappa shape index (κ1) is 13.6. The molecule has 1 rings (SSSR count). The standard InChI is InChI=1S/C9H10F3N3OS/c10-9(11,12)2-1-3-16-7-5-14-6(4-15-7)8(13)17/h4-5H,1-3H2,(H2,13,17). The van der Waals surface area contributed by atoms with Crippen molar-refractivity contribution in [2.24, 2.45) is 5.73 Å². The summed E-state index contributed by atoms with van der Waals surface area (Å²) in [7, 11) is 0. The molecule has 0 radical (unpaired) electrons. The molecule has 0 saturated carbocycles. The smallest absolute Gasteiger partial charge is 0.389 e. The lowest BCUT2D eigenvalue weighted by Gasteiger charge is -2.07. The maximum Gasteiger partial charge on any atom is 0.389 e. The number of ether oxygens (including phenoxy) is 1.